The first-order chi connectivity index (χ1) is 7.13. The number of nitrogens with one attached hydrogen (secondary N) is 3. The average molecular weight is 209 g/mol. The summed E-state index contributed by atoms with van der Waals surface area (Å²) in [5, 5.41) is 2.91. The molecule has 0 amide bonds. The molecule has 80 valence electrons. The molecule has 3 N–H and O–H groups in total. The van der Waals surface area contributed by atoms with E-state index in [1.54, 1.807) is 14.1 Å². The summed E-state index contributed by atoms with van der Waals surface area (Å²) in [5.74, 6) is 0.624. The maximum Gasteiger partial charge on any atom is 0.329 e. The fourth-order valence-corrected chi connectivity index (χ4v) is 1.40. The molecular formula is C8H11N5O2. The van der Waals surface area contributed by atoms with Gasteiger partial charge in [-0.15, -0.1) is 0 Å². The van der Waals surface area contributed by atoms with Gasteiger partial charge in [-0.05, 0) is 7.05 Å². The maximum absolute atomic E-state index is 11.4. The molecular weight excluding hydrogens is 198 g/mol. The van der Waals surface area contributed by atoms with E-state index < -0.39 is 11.2 Å². The smallest absolute Gasteiger partial charge is 0.329 e. The zero-order chi connectivity index (χ0) is 11.0. The van der Waals surface area contributed by atoms with Crippen LogP contribution in [0.3, 0.4) is 0 Å². The minimum Gasteiger partial charge on any atom is -0.335 e. The minimum atomic E-state index is -0.463. The van der Waals surface area contributed by atoms with Crippen molar-refractivity contribution in [1.29, 1.82) is 0 Å². The van der Waals surface area contributed by atoms with Gasteiger partial charge in [-0.25, -0.2) is 9.78 Å². The molecule has 2 rings (SSSR count). The molecule has 0 radical (unpaired) electrons. The highest BCUT2D eigenvalue weighted by Gasteiger charge is 2.09. The summed E-state index contributed by atoms with van der Waals surface area (Å²) in [6.07, 6.45) is 0. The van der Waals surface area contributed by atoms with Crippen LogP contribution in [0.2, 0.25) is 0 Å². The fraction of sp³-hybridized carbons (Fsp3) is 0.375. The molecule has 0 saturated carbocycles. The van der Waals surface area contributed by atoms with E-state index in [4.69, 9.17) is 0 Å². The van der Waals surface area contributed by atoms with Crippen LogP contribution in [-0.2, 0) is 13.6 Å². The molecule has 0 saturated heterocycles. The molecule has 0 fully saturated rings. The van der Waals surface area contributed by atoms with E-state index >= 15 is 0 Å². The minimum absolute atomic E-state index is 0.322. The van der Waals surface area contributed by atoms with Crippen molar-refractivity contribution in [2.24, 2.45) is 7.05 Å². The van der Waals surface area contributed by atoms with Crippen molar-refractivity contribution < 1.29 is 0 Å². The Labute approximate surface area is 84.2 Å². The zero-order valence-corrected chi connectivity index (χ0v) is 8.42. The summed E-state index contributed by atoms with van der Waals surface area (Å²) in [5.41, 5.74) is -0.214. The molecule has 7 heteroatoms. The van der Waals surface area contributed by atoms with Crippen LogP contribution >= 0.6 is 0 Å². The number of rotatable bonds is 2. The molecule has 2 aromatic rings. The van der Waals surface area contributed by atoms with E-state index in [-0.39, 0.29) is 0 Å². The van der Waals surface area contributed by atoms with Gasteiger partial charge in [0.15, 0.2) is 5.65 Å². The van der Waals surface area contributed by atoms with E-state index in [1.807, 2.05) is 0 Å². The van der Waals surface area contributed by atoms with Crippen molar-refractivity contribution >= 4 is 11.2 Å². The highest BCUT2D eigenvalue weighted by molar-refractivity contribution is 5.69. The first-order valence-corrected chi connectivity index (χ1v) is 4.46. The predicted molar refractivity (Wildman–Crippen MR) is 54.7 cm³/mol. The van der Waals surface area contributed by atoms with E-state index in [2.05, 4.69) is 20.3 Å². The monoisotopic (exact) mass is 209 g/mol. The highest BCUT2D eigenvalue weighted by atomic mass is 16.2. The van der Waals surface area contributed by atoms with Gasteiger partial charge in [-0.1, -0.05) is 0 Å². The molecule has 0 atom stereocenters. The molecule has 0 aliphatic rings. The molecule has 0 unspecified atom stereocenters. The van der Waals surface area contributed by atoms with Crippen molar-refractivity contribution in [3.8, 4) is 0 Å². The van der Waals surface area contributed by atoms with Crippen LogP contribution in [0.15, 0.2) is 9.59 Å². The number of H-pyrrole nitrogens is 2. The van der Waals surface area contributed by atoms with Crippen molar-refractivity contribution in [1.82, 2.24) is 24.8 Å². The van der Waals surface area contributed by atoms with Crippen LogP contribution in [0.4, 0.5) is 0 Å². The van der Waals surface area contributed by atoms with E-state index in [0.717, 1.165) is 0 Å². The molecule has 7 nitrogen and oxygen atoms in total. The number of imidazole rings is 1. The Bertz CT molecular complexity index is 606. The number of aromatic nitrogens is 4. The van der Waals surface area contributed by atoms with Gasteiger partial charge in [-0.3, -0.25) is 14.3 Å². The van der Waals surface area contributed by atoms with Gasteiger partial charge in [0.1, 0.15) is 11.3 Å². The van der Waals surface area contributed by atoms with Gasteiger partial charge in [0, 0.05) is 7.05 Å². The topological polar surface area (TPSA) is 95.6 Å². The summed E-state index contributed by atoms with van der Waals surface area (Å²) in [6, 6.07) is 0. The maximum atomic E-state index is 11.4. The lowest BCUT2D eigenvalue weighted by atomic mass is 10.5. The van der Waals surface area contributed by atoms with Crippen molar-refractivity contribution in [3.63, 3.8) is 0 Å². The summed E-state index contributed by atoms with van der Waals surface area (Å²) in [7, 11) is 3.33. The third-order valence-corrected chi connectivity index (χ3v) is 2.15. The fourth-order valence-electron chi connectivity index (χ4n) is 1.40. The standard InChI is InChI=1S/C8H11N5O2/c1-9-3-4-10-5-6(11-4)13(2)8(15)12-7(5)14/h9H,3H2,1-2H3,(H,10,11)(H,12,14,15). The lowest BCUT2D eigenvalue weighted by molar-refractivity contribution is 0.770. The van der Waals surface area contributed by atoms with E-state index in [0.29, 0.717) is 23.5 Å². The normalized spacial score (nSPS) is 11.1. The van der Waals surface area contributed by atoms with E-state index in [9.17, 15) is 9.59 Å². The third-order valence-electron chi connectivity index (χ3n) is 2.15. The molecule has 0 bridgehead atoms. The Hall–Kier alpha value is -1.89. The SMILES string of the molecule is CNCc1nc2c([nH]1)c(=O)[nH]c(=O)n2C. The van der Waals surface area contributed by atoms with Crippen LogP contribution in [-0.4, -0.2) is 26.6 Å². The molecule has 0 spiro atoms. The number of nitrogens with zero attached hydrogens (tertiary/aromatic N) is 2. The lowest BCUT2D eigenvalue weighted by Gasteiger charge is -1.94. The third kappa shape index (κ3) is 1.46. The second-order valence-electron chi connectivity index (χ2n) is 3.23. The lowest BCUT2D eigenvalue weighted by Crippen LogP contribution is -2.28. The number of hydrogen-bond acceptors (Lipinski definition) is 4. The first-order valence-electron chi connectivity index (χ1n) is 4.46. The van der Waals surface area contributed by atoms with Crippen LogP contribution < -0.4 is 16.6 Å². The van der Waals surface area contributed by atoms with E-state index in [1.165, 1.54) is 4.57 Å². The summed E-state index contributed by atoms with van der Waals surface area (Å²) in [4.78, 5) is 31.9. The summed E-state index contributed by atoms with van der Waals surface area (Å²) < 4.78 is 1.30. The van der Waals surface area contributed by atoms with Gasteiger partial charge in [0.05, 0.1) is 6.54 Å². The second-order valence-corrected chi connectivity index (χ2v) is 3.23. The predicted octanol–water partition coefficient (Wildman–Crippen LogP) is -1.33. The second kappa shape index (κ2) is 3.35. The molecule has 0 aliphatic carbocycles. The van der Waals surface area contributed by atoms with Gasteiger partial charge in [-0.2, -0.15) is 0 Å². The van der Waals surface area contributed by atoms with Gasteiger partial charge < -0.3 is 10.3 Å². The highest BCUT2D eigenvalue weighted by Crippen LogP contribution is 2.02. The van der Waals surface area contributed by atoms with Crippen LogP contribution in [0.1, 0.15) is 5.82 Å². The molecule has 0 aliphatic heterocycles. The Balaban J connectivity index is 2.80. The average Bonchev–Trinajstić information content (AvgIpc) is 2.60. The molecule has 0 aromatic carbocycles. The molecule has 15 heavy (non-hydrogen) atoms. The molecule has 2 aromatic heterocycles. The zero-order valence-electron chi connectivity index (χ0n) is 8.42. The van der Waals surface area contributed by atoms with Crippen molar-refractivity contribution in [3.05, 3.63) is 26.7 Å². The molecule has 2 heterocycles. The number of aromatic amines is 2. The summed E-state index contributed by atoms with van der Waals surface area (Å²) >= 11 is 0. The van der Waals surface area contributed by atoms with Crippen LogP contribution in [0.25, 0.3) is 11.2 Å². The largest absolute Gasteiger partial charge is 0.335 e. The number of aryl methyl sites for hydroxylation is 1. The number of hydrogen-bond donors (Lipinski definition) is 3. The van der Waals surface area contributed by atoms with Crippen LogP contribution in [0, 0.1) is 0 Å². The Kier molecular flexibility index (Phi) is 2.16. The first kappa shape index (κ1) is 9.66. The van der Waals surface area contributed by atoms with Gasteiger partial charge >= 0.3 is 5.69 Å². The van der Waals surface area contributed by atoms with Gasteiger partial charge in [0.25, 0.3) is 5.56 Å². The number of fused-ring (bicyclic) bond motifs is 1. The van der Waals surface area contributed by atoms with Crippen molar-refractivity contribution in [2.75, 3.05) is 7.05 Å². The Morgan fingerprint density at radius 1 is 1.40 bits per heavy atom. The Morgan fingerprint density at radius 2 is 2.13 bits per heavy atom. The quantitative estimate of drug-likeness (QED) is 0.571. The summed E-state index contributed by atoms with van der Waals surface area (Å²) in [6.45, 7) is 0.516. The van der Waals surface area contributed by atoms with Crippen LogP contribution in [0.5, 0.6) is 0 Å². The van der Waals surface area contributed by atoms with Crippen molar-refractivity contribution in [2.45, 2.75) is 6.54 Å². The van der Waals surface area contributed by atoms with Gasteiger partial charge in [0.2, 0.25) is 0 Å². The Morgan fingerprint density at radius 3 is 2.80 bits per heavy atom.